The monoisotopic (exact) mass is 498 g/mol. The average molecular weight is 498 g/mol. The molecule has 36 heavy (non-hydrogen) atoms. The molecule has 4 rings (SSSR count). The van der Waals surface area contributed by atoms with Crippen molar-refractivity contribution >= 4 is 22.7 Å². The van der Waals surface area contributed by atoms with E-state index >= 15 is 0 Å². The number of pyridine rings is 1. The Hall–Kier alpha value is -4.47. The summed E-state index contributed by atoms with van der Waals surface area (Å²) < 4.78 is 58.0. The Morgan fingerprint density at radius 2 is 1.53 bits per heavy atom. The maximum atomic E-state index is 14.3. The number of aromatic nitrogens is 1. The fourth-order valence-electron chi connectivity index (χ4n) is 3.84. The Balaban J connectivity index is 1.64. The van der Waals surface area contributed by atoms with Gasteiger partial charge in [-0.1, -0.05) is 0 Å². The minimum Gasteiger partial charge on any atom is -0.493 e. The second-order valence-electron chi connectivity index (χ2n) is 7.75. The van der Waals surface area contributed by atoms with Crippen LogP contribution in [0.2, 0.25) is 0 Å². The predicted molar refractivity (Wildman–Crippen MR) is 127 cm³/mol. The number of ether oxygens (including phenoxy) is 3. The van der Waals surface area contributed by atoms with Crippen molar-refractivity contribution in [3.05, 3.63) is 83.8 Å². The molecule has 1 unspecified atom stereocenters. The number of halogens is 3. The first-order valence-electron chi connectivity index (χ1n) is 10.7. The molecule has 0 bridgehead atoms. The first kappa shape index (κ1) is 24.6. The van der Waals surface area contributed by atoms with Crippen molar-refractivity contribution in [1.82, 2.24) is 4.98 Å². The Morgan fingerprint density at radius 1 is 0.889 bits per heavy atom. The van der Waals surface area contributed by atoms with E-state index in [1.807, 2.05) is 0 Å². The molecule has 0 radical (unpaired) electrons. The van der Waals surface area contributed by atoms with E-state index < -0.39 is 29.6 Å². The van der Waals surface area contributed by atoms with Crippen LogP contribution in [0, 0.1) is 17.5 Å². The molecule has 0 aliphatic carbocycles. The van der Waals surface area contributed by atoms with Gasteiger partial charge in [-0.2, -0.15) is 0 Å². The van der Waals surface area contributed by atoms with Crippen LogP contribution >= 0.6 is 0 Å². The third-order valence-corrected chi connectivity index (χ3v) is 5.63. The highest BCUT2D eigenvalue weighted by Crippen LogP contribution is 2.37. The second kappa shape index (κ2) is 10.0. The summed E-state index contributed by atoms with van der Waals surface area (Å²) in [6, 6.07) is 11.0. The van der Waals surface area contributed by atoms with Crippen LogP contribution in [0.4, 0.5) is 23.7 Å². The topological polar surface area (TPSA) is 81.1 Å². The van der Waals surface area contributed by atoms with Gasteiger partial charge in [-0.3, -0.25) is 9.88 Å². The summed E-state index contributed by atoms with van der Waals surface area (Å²) in [5.41, 5.74) is 0.489. The van der Waals surface area contributed by atoms with E-state index in [0.717, 1.165) is 4.90 Å². The lowest BCUT2D eigenvalue weighted by Crippen LogP contribution is -2.32. The zero-order valence-corrected chi connectivity index (χ0v) is 19.5. The quantitative estimate of drug-likeness (QED) is 0.285. The molecule has 0 fully saturated rings. The van der Waals surface area contributed by atoms with Crippen LogP contribution in [0.3, 0.4) is 0 Å². The number of carboxylic acid groups (broad SMARTS) is 1. The average Bonchev–Trinajstić information content (AvgIpc) is 2.86. The number of anilines is 1. The minimum absolute atomic E-state index is 0.178. The van der Waals surface area contributed by atoms with Crippen LogP contribution in [0.1, 0.15) is 18.5 Å². The summed E-state index contributed by atoms with van der Waals surface area (Å²) in [6.45, 7) is 1.37. The third-order valence-electron chi connectivity index (χ3n) is 5.63. The van der Waals surface area contributed by atoms with Gasteiger partial charge in [-0.15, -0.1) is 0 Å². The third kappa shape index (κ3) is 4.70. The SMILES string of the molecule is COc1cc2nccc(Oc3ccc(N(C(=O)O)C(C)c4cc(F)c(F)cc4F)cc3)c2cc1OC. The van der Waals surface area contributed by atoms with Crippen molar-refractivity contribution in [3.8, 4) is 23.0 Å². The summed E-state index contributed by atoms with van der Waals surface area (Å²) in [6.07, 6.45) is 0.170. The van der Waals surface area contributed by atoms with E-state index in [4.69, 9.17) is 14.2 Å². The number of benzene rings is 3. The zero-order valence-electron chi connectivity index (χ0n) is 19.5. The van der Waals surface area contributed by atoms with Crippen molar-refractivity contribution in [2.45, 2.75) is 13.0 Å². The largest absolute Gasteiger partial charge is 0.493 e. The van der Waals surface area contributed by atoms with Gasteiger partial charge in [-0.25, -0.2) is 18.0 Å². The Labute approximate surface area is 204 Å². The molecule has 1 heterocycles. The molecule has 0 saturated carbocycles. The molecule has 4 aromatic rings. The number of methoxy groups -OCH3 is 2. The van der Waals surface area contributed by atoms with Gasteiger partial charge >= 0.3 is 6.09 Å². The number of hydrogen-bond acceptors (Lipinski definition) is 5. The van der Waals surface area contributed by atoms with E-state index in [1.54, 1.807) is 24.4 Å². The number of rotatable bonds is 7. The van der Waals surface area contributed by atoms with Crippen LogP contribution in [-0.4, -0.2) is 30.4 Å². The van der Waals surface area contributed by atoms with Crippen molar-refractivity contribution in [2.24, 2.45) is 0 Å². The van der Waals surface area contributed by atoms with E-state index in [2.05, 4.69) is 4.98 Å². The number of hydrogen-bond donors (Lipinski definition) is 1. The smallest absolute Gasteiger partial charge is 0.412 e. The van der Waals surface area contributed by atoms with Gasteiger partial charge in [0.05, 0.1) is 25.8 Å². The molecule has 0 saturated heterocycles. The lowest BCUT2D eigenvalue weighted by atomic mass is 10.1. The summed E-state index contributed by atoms with van der Waals surface area (Å²) in [5.74, 6) is -1.81. The molecule has 10 heteroatoms. The first-order chi connectivity index (χ1) is 17.2. The summed E-state index contributed by atoms with van der Waals surface area (Å²) in [5, 5.41) is 10.4. The van der Waals surface area contributed by atoms with E-state index in [-0.39, 0.29) is 11.3 Å². The summed E-state index contributed by atoms with van der Waals surface area (Å²) in [7, 11) is 3.04. The summed E-state index contributed by atoms with van der Waals surface area (Å²) >= 11 is 0. The highest BCUT2D eigenvalue weighted by atomic mass is 19.2. The summed E-state index contributed by atoms with van der Waals surface area (Å²) in [4.78, 5) is 17.2. The zero-order chi connectivity index (χ0) is 26.0. The Bertz CT molecular complexity index is 1430. The number of amides is 1. The minimum atomic E-state index is -1.40. The van der Waals surface area contributed by atoms with Crippen molar-refractivity contribution < 1.29 is 37.3 Å². The van der Waals surface area contributed by atoms with Gasteiger partial charge in [0.15, 0.2) is 23.1 Å². The lowest BCUT2D eigenvalue weighted by molar-refractivity contribution is 0.199. The molecule has 1 atom stereocenters. The molecule has 3 aromatic carbocycles. The van der Waals surface area contributed by atoms with Crippen molar-refractivity contribution in [2.75, 3.05) is 19.1 Å². The van der Waals surface area contributed by atoms with E-state index in [9.17, 15) is 23.1 Å². The molecule has 0 aliphatic heterocycles. The Kier molecular flexibility index (Phi) is 6.86. The number of carbonyl (C=O) groups is 1. The predicted octanol–water partition coefficient (Wildman–Crippen LogP) is 6.71. The molecular formula is C26H21F3N2O5. The van der Waals surface area contributed by atoms with Crippen LogP contribution < -0.4 is 19.1 Å². The number of nitrogens with zero attached hydrogens (tertiary/aromatic N) is 2. The van der Waals surface area contributed by atoms with Gasteiger partial charge < -0.3 is 19.3 Å². The fourth-order valence-corrected chi connectivity index (χ4v) is 3.84. The maximum absolute atomic E-state index is 14.3. The van der Waals surface area contributed by atoms with Gasteiger partial charge in [-0.05, 0) is 49.4 Å². The molecular weight excluding hydrogens is 477 g/mol. The van der Waals surface area contributed by atoms with Crippen molar-refractivity contribution in [1.29, 1.82) is 0 Å². The standard InChI is InChI=1S/C26H21F3N2O5/c1-14(17-10-20(28)21(29)12-19(17)27)31(26(32)33)15-4-6-16(7-5-15)36-23-8-9-30-22-13-25(35-3)24(34-2)11-18(22)23/h4-14H,1-3H3,(H,32,33). The van der Waals surface area contributed by atoms with Gasteiger partial charge in [0.2, 0.25) is 0 Å². The van der Waals surface area contributed by atoms with Crippen LogP contribution in [0.15, 0.2) is 60.8 Å². The molecule has 1 N–H and O–H groups in total. The van der Waals surface area contributed by atoms with Crippen LogP contribution in [0.25, 0.3) is 10.9 Å². The van der Waals surface area contributed by atoms with Gasteiger partial charge in [0.1, 0.15) is 17.3 Å². The van der Waals surface area contributed by atoms with E-state index in [0.29, 0.717) is 46.0 Å². The highest BCUT2D eigenvalue weighted by Gasteiger charge is 2.26. The van der Waals surface area contributed by atoms with Crippen LogP contribution in [-0.2, 0) is 0 Å². The van der Waals surface area contributed by atoms with Crippen LogP contribution in [0.5, 0.6) is 23.0 Å². The molecule has 1 amide bonds. The number of fused-ring (bicyclic) bond motifs is 1. The fraction of sp³-hybridized carbons (Fsp3) is 0.154. The molecule has 0 spiro atoms. The first-order valence-corrected chi connectivity index (χ1v) is 10.7. The molecule has 0 aliphatic rings. The van der Waals surface area contributed by atoms with Gasteiger partial charge in [0.25, 0.3) is 0 Å². The lowest BCUT2D eigenvalue weighted by Gasteiger charge is -2.27. The molecule has 186 valence electrons. The maximum Gasteiger partial charge on any atom is 0.412 e. The van der Waals surface area contributed by atoms with Crippen molar-refractivity contribution in [3.63, 3.8) is 0 Å². The van der Waals surface area contributed by atoms with E-state index in [1.165, 1.54) is 45.4 Å². The molecule has 1 aromatic heterocycles. The highest BCUT2D eigenvalue weighted by molar-refractivity contribution is 5.89. The second-order valence-corrected chi connectivity index (χ2v) is 7.75. The molecule has 7 nitrogen and oxygen atoms in total. The normalized spacial score (nSPS) is 11.7. The van der Waals surface area contributed by atoms with Gasteiger partial charge in [0, 0.05) is 35.0 Å². The Morgan fingerprint density at radius 3 is 2.17 bits per heavy atom.